The number of halogens is 4. The second-order valence-corrected chi connectivity index (χ2v) is 5.22. The van der Waals surface area contributed by atoms with Gasteiger partial charge in [-0.05, 0) is 31.0 Å². The molecule has 0 saturated heterocycles. The molecular weight excluding hydrogens is 341 g/mol. The summed E-state index contributed by atoms with van der Waals surface area (Å²) in [6, 6.07) is 5.53. The molecule has 1 aromatic rings. The molecule has 0 N–H and O–H groups in total. The predicted molar refractivity (Wildman–Crippen MR) is 75.3 cm³/mol. The van der Waals surface area contributed by atoms with E-state index in [4.69, 9.17) is 21.1 Å². The molecule has 0 amide bonds. The standard InChI is InChI=1S/C13H16BrClF2O2/c1-2-19-9-3-4-10(11(14)7-9)12(15)5-6-18-8-13(16)17/h3-4,7,12-13H,2,5-6,8H2,1H3. The van der Waals surface area contributed by atoms with Crippen molar-refractivity contribution in [3.05, 3.63) is 28.2 Å². The van der Waals surface area contributed by atoms with Gasteiger partial charge < -0.3 is 9.47 Å². The third kappa shape index (κ3) is 6.06. The van der Waals surface area contributed by atoms with Gasteiger partial charge in [-0.25, -0.2) is 8.78 Å². The zero-order valence-electron chi connectivity index (χ0n) is 10.5. The fraction of sp³-hybridized carbons (Fsp3) is 0.538. The summed E-state index contributed by atoms with van der Waals surface area (Å²) in [7, 11) is 0. The average molecular weight is 358 g/mol. The second-order valence-electron chi connectivity index (χ2n) is 3.84. The van der Waals surface area contributed by atoms with Crippen LogP contribution in [0.1, 0.15) is 24.3 Å². The van der Waals surface area contributed by atoms with E-state index in [0.717, 1.165) is 15.8 Å². The number of ether oxygens (including phenoxy) is 2. The van der Waals surface area contributed by atoms with E-state index in [2.05, 4.69) is 15.9 Å². The van der Waals surface area contributed by atoms with Gasteiger partial charge in [0, 0.05) is 11.1 Å². The molecule has 0 spiro atoms. The van der Waals surface area contributed by atoms with Crippen molar-refractivity contribution < 1.29 is 18.3 Å². The van der Waals surface area contributed by atoms with Crippen molar-refractivity contribution in [3.63, 3.8) is 0 Å². The molecule has 1 aromatic carbocycles. The molecule has 0 saturated carbocycles. The maximum absolute atomic E-state index is 11.9. The molecule has 0 heterocycles. The lowest BCUT2D eigenvalue weighted by molar-refractivity contribution is 0.0165. The van der Waals surface area contributed by atoms with Gasteiger partial charge >= 0.3 is 0 Å². The lowest BCUT2D eigenvalue weighted by Crippen LogP contribution is -2.07. The number of benzene rings is 1. The lowest BCUT2D eigenvalue weighted by atomic mass is 10.1. The monoisotopic (exact) mass is 356 g/mol. The van der Waals surface area contributed by atoms with Gasteiger partial charge in [0.1, 0.15) is 12.4 Å². The molecule has 2 nitrogen and oxygen atoms in total. The Kier molecular flexibility index (Phi) is 7.64. The Balaban J connectivity index is 2.49. The van der Waals surface area contributed by atoms with Crippen LogP contribution in [0, 0.1) is 0 Å². The largest absolute Gasteiger partial charge is 0.494 e. The highest BCUT2D eigenvalue weighted by Gasteiger charge is 2.13. The van der Waals surface area contributed by atoms with Gasteiger partial charge in [0.05, 0.1) is 12.0 Å². The summed E-state index contributed by atoms with van der Waals surface area (Å²) >= 11 is 9.64. The van der Waals surface area contributed by atoms with Crippen molar-refractivity contribution in [3.8, 4) is 5.75 Å². The molecule has 0 fully saturated rings. The molecule has 108 valence electrons. The SMILES string of the molecule is CCOc1ccc(C(Cl)CCOCC(F)F)c(Br)c1. The minimum Gasteiger partial charge on any atom is -0.494 e. The topological polar surface area (TPSA) is 18.5 Å². The van der Waals surface area contributed by atoms with Crippen molar-refractivity contribution in [2.45, 2.75) is 25.1 Å². The van der Waals surface area contributed by atoms with Crippen LogP contribution in [0.3, 0.4) is 0 Å². The highest BCUT2D eigenvalue weighted by atomic mass is 79.9. The van der Waals surface area contributed by atoms with Gasteiger partial charge in [0.2, 0.25) is 0 Å². The van der Waals surface area contributed by atoms with E-state index >= 15 is 0 Å². The summed E-state index contributed by atoms with van der Waals surface area (Å²) in [5.41, 5.74) is 0.894. The molecule has 0 aromatic heterocycles. The van der Waals surface area contributed by atoms with E-state index < -0.39 is 13.0 Å². The maximum atomic E-state index is 11.9. The molecular formula is C13H16BrClF2O2. The van der Waals surface area contributed by atoms with Gasteiger partial charge in [-0.3, -0.25) is 0 Å². The Morgan fingerprint density at radius 2 is 2.11 bits per heavy atom. The van der Waals surface area contributed by atoms with E-state index in [1.807, 2.05) is 25.1 Å². The first-order chi connectivity index (χ1) is 9.04. The third-order valence-electron chi connectivity index (χ3n) is 2.38. The normalized spacial score (nSPS) is 12.7. The fourth-order valence-electron chi connectivity index (χ4n) is 1.53. The highest BCUT2D eigenvalue weighted by molar-refractivity contribution is 9.10. The maximum Gasteiger partial charge on any atom is 0.261 e. The molecule has 0 bridgehead atoms. The fourth-order valence-corrected chi connectivity index (χ4v) is 2.58. The van der Waals surface area contributed by atoms with Crippen LogP contribution in [0.15, 0.2) is 22.7 Å². The number of hydrogen-bond acceptors (Lipinski definition) is 2. The van der Waals surface area contributed by atoms with Crippen LogP contribution in [0.5, 0.6) is 5.75 Å². The van der Waals surface area contributed by atoms with E-state index in [9.17, 15) is 8.78 Å². The van der Waals surface area contributed by atoms with Crippen LogP contribution in [0.2, 0.25) is 0 Å². The zero-order chi connectivity index (χ0) is 14.3. The van der Waals surface area contributed by atoms with Crippen LogP contribution in [-0.4, -0.2) is 26.2 Å². The average Bonchev–Trinajstić information content (AvgIpc) is 2.34. The van der Waals surface area contributed by atoms with Crippen LogP contribution in [-0.2, 0) is 4.74 Å². The van der Waals surface area contributed by atoms with Crippen molar-refractivity contribution in [1.29, 1.82) is 0 Å². The number of rotatable bonds is 8. The third-order valence-corrected chi connectivity index (χ3v) is 3.52. The summed E-state index contributed by atoms with van der Waals surface area (Å²) in [6.07, 6.45) is -1.97. The van der Waals surface area contributed by atoms with Crippen molar-refractivity contribution in [2.75, 3.05) is 19.8 Å². The van der Waals surface area contributed by atoms with Gasteiger partial charge in [-0.15, -0.1) is 11.6 Å². The van der Waals surface area contributed by atoms with E-state index in [1.54, 1.807) is 0 Å². The van der Waals surface area contributed by atoms with Gasteiger partial charge in [0.15, 0.2) is 0 Å². The molecule has 0 aliphatic rings. The summed E-state index contributed by atoms with van der Waals surface area (Å²) in [6.45, 7) is 2.16. The predicted octanol–water partition coefficient (Wildman–Crippen LogP) is 4.80. The molecule has 1 atom stereocenters. The molecule has 1 unspecified atom stereocenters. The Labute approximate surface area is 125 Å². The minimum atomic E-state index is -2.44. The zero-order valence-corrected chi connectivity index (χ0v) is 12.9. The van der Waals surface area contributed by atoms with Crippen LogP contribution in [0.4, 0.5) is 8.78 Å². The van der Waals surface area contributed by atoms with Gasteiger partial charge in [0.25, 0.3) is 6.43 Å². The van der Waals surface area contributed by atoms with Crippen LogP contribution >= 0.6 is 27.5 Å². The number of alkyl halides is 3. The molecule has 1 rings (SSSR count). The summed E-state index contributed by atoms with van der Waals surface area (Å²) in [4.78, 5) is 0. The number of hydrogen-bond donors (Lipinski definition) is 0. The molecule has 0 aliphatic heterocycles. The van der Waals surface area contributed by atoms with Crippen LogP contribution in [0.25, 0.3) is 0 Å². The summed E-state index contributed by atoms with van der Waals surface area (Å²) < 4.78 is 34.8. The first-order valence-electron chi connectivity index (χ1n) is 5.96. The van der Waals surface area contributed by atoms with Crippen LogP contribution < -0.4 is 4.74 Å². The molecule has 0 aliphatic carbocycles. The molecule has 0 radical (unpaired) electrons. The van der Waals surface area contributed by atoms with Gasteiger partial charge in [-0.1, -0.05) is 22.0 Å². The first kappa shape index (κ1) is 16.7. The highest BCUT2D eigenvalue weighted by Crippen LogP contribution is 2.33. The molecule has 19 heavy (non-hydrogen) atoms. The Bertz CT molecular complexity index is 391. The molecule has 6 heteroatoms. The summed E-state index contributed by atoms with van der Waals surface area (Å²) in [5.74, 6) is 0.760. The van der Waals surface area contributed by atoms with E-state index in [-0.39, 0.29) is 12.0 Å². The quantitative estimate of drug-likeness (QED) is 0.491. The Hall–Kier alpha value is -0.390. The van der Waals surface area contributed by atoms with Crippen molar-refractivity contribution in [1.82, 2.24) is 0 Å². The van der Waals surface area contributed by atoms with Gasteiger partial charge in [-0.2, -0.15) is 0 Å². The first-order valence-corrected chi connectivity index (χ1v) is 7.19. The van der Waals surface area contributed by atoms with Crippen molar-refractivity contribution >= 4 is 27.5 Å². The lowest BCUT2D eigenvalue weighted by Gasteiger charge is -2.13. The minimum absolute atomic E-state index is 0.207. The smallest absolute Gasteiger partial charge is 0.261 e. The summed E-state index contributed by atoms with van der Waals surface area (Å²) in [5, 5.41) is -0.289. The second kappa shape index (κ2) is 8.72. The van der Waals surface area contributed by atoms with E-state index in [0.29, 0.717) is 13.0 Å². The van der Waals surface area contributed by atoms with E-state index in [1.165, 1.54) is 0 Å². The van der Waals surface area contributed by atoms with Crippen molar-refractivity contribution in [2.24, 2.45) is 0 Å². The Morgan fingerprint density at radius 3 is 2.68 bits per heavy atom. The Morgan fingerprint density at radius 1 is 1.37 bits per heavy atom.